The van der Waals surface area contributed by atoms with Crippen LogP contribution in [-0.4, -0.2) is 59.0 Å². The molecule has 0 bridgehead atoms. The van der Waals surface area contributed by atoms with Crippen molar-refractivity contribution in [3.05, 3.63) is 45.4 Å². The van der Waals surface area contributed by atoms with E-state index in [0.717, 1.165) is 31.5 Å². The molecule has 2 aromatic rings. The first-order valence-electron chi connectivity index (χ1n) is 9.45. The average Bonchev–Trinajstić information content (AvgIpc) is 2.70. The molecular formula is C20H24Cl3N5O. The quantitative estimate of drug-likeness (QED) is 0.665. The average molecular weight is 457 g/mol. The number of nitrogens with one attached hydrogen (secondary N) is 1. The van der Waals surface area contributed by atoms with Gasteiger partial charge in [-0.25, -0.2) is 14.8 Å². The number of likely N-dealkylation sites (tertiary alicyclic amines) is 1. The van der Waals surface area contributed by atoms with Crippen LogP contribution in [0.5, 0.6) is 0 Å². The fourth-order valence-corrected chi connectivity index (χ4v) is 4.19. The first kappa shape index (κ1) is 22.1. The van der Waals surface area contributed by atoms with E-state index in [-0.39, 0.29) is 23.4 Å². The number of halogens is 3. The molecule has 29 heavy (non-hydrogen) atoms. The van der Waals surface area contributed by atoms with E-state index >= 15 is 0 Å². The molecule has 1 saturated heterocycles. The normalized spacial score (nSPS) is 16.5. The van der Waals surface area contributed by atoms with Gasteiger partial charge in [-0.15, -0.1) is 0 Å². The minimum atomic E-state index is -0.295. The van der Waals surface area contributed by atoms with Gasteiger partial charge in [-0.3, -0.25) is 0 Å². The zero-order valence-electron chi connectivity index (χ0n) is 16.6. The van der Waals surface area contributed by atoms with Gasteiger partial charge >= 0.3 is 6.03 Å². The van der Waals surface area contributed by atoms with Crippen molar-refractivity contribution in [3.63, 3.8) is 0 Å². The summed E-state index contributed by atoms with van der Waals surface area (Å²) in [5.74, 6) is 0. The summed E-state index contributed by atoms with van der Waals surface area (Å²) in [5, 5.41) is 3.98. The predicted octanol–water partition coefficient (Wildman–Crippen LogP) is 4.90. The van der Waals surface area contributed by atoms with Gasteiger partial charge in [0.2, 0.25) is 5.28 Å². The number of amides is 2. The molecule has 156 valence electrons. The number of benzene rings is 1. The van der Waals surface area contributed by atoms with E-state index in [9.17, 15) is 4.79 Å². The number of hydrogen-bond donors (Lipinski definition) is 1. The zero-order chi connectivity index (χ0) is 21.1. The Bertz CT molecular complexity index is 869. The van der Waals surface area contributed by atoms with Crippen molar-refractivity contribution in [3.8, 4) is 11.1 Å². The molecule has 0 saturated carbocycles. The second-order valence-corrected chi connectivity index (χ2v) is 8.48. The van der Waals surface area contributed by atoms with Gasteiger partial charge in [0.25, 0.3) is 0 Å². The van der Waals surface area contributed by atoms with Crippen molar-refractivity contribution < 1.29 is 4.79 Å². The molecule has 0 spiro atoms. The minimum Gasteiger partial charge on any atom is -0.331 e. The lowest BCUT2D eigenvalue weighted by molar-refractivity contribution is 0.146. The van der Waals surface area contributed by atoms with E-state index in [1.54, 1.807) is 17.3 Å². The maximum Gasteiger partial charge on any atom is 0.317 e. The molecule has 2 amide bonds. The predicted molar refractivity (Wildman–Crippen MR) is 118 cm³/mol. The SMILES string of the molecule is CC(NC(=O)N(C)C1CCN(C)CC1)c1ccc(-c2cnc(Cl)nc2)c(Cl)c1Cl. The molecule has 1 aromatic carbocycles. The second kappa shape index (κ2) is 9.47. The van der Waals surface area contributed by atoms with Crippen molar-refractivity contribution >= 4 is 40.8 Å². The Morgan fingerprint density at radius 1 is 1.17 bits per heavy atom. The van der Waals surface area contributed by atoms with Crippen molar-refractivity contribution in [1.82, 2.24) is 25.1 Å². The molecule has 1 unspecified atom stereocenters. The third-order valence-corrected chi connectivity index (χ3v) is 6.50. The lowest BCUT2D eigenvalue weighted by Gasteiger charge is -2.35. The number of rotatable bonds is 4. The Balaban J connectivity index is 1.72. The van der Waals surface area contributed by atoms with Gasteiger partial charge in [0.05, 0.1) is 16.1 Å². The van der Waals surface area contributed by atoms with Gasteiger partial charge < -0.3 is 15.1 Å². The molecule has 0 aliphatic carbocycles. The molecule has 0 radical (unpaired) electrons. The van der Waals surface area contributed by atoms with Gasteiger partial charge in [-0.05, 0) is 57.1 Å². The number of urea groups is 1. The van der Waals surface area contributed by atoms with E-state index in [1.165, 1.54) is 0 Å². The molecule has 2 heterocycles. The molecule has 1 fully saturated rings. The van der Waals surface area contributed by atoms with Crippen LogP contribution in [0.25, 0.3) is 11.1 Å². The smallest absolute Gasteiger partial charge is 0.317 e. The Morgan fingerprint density at radius 3 is 2.41 bits per heavy atom. The third kappa shape index (κ3) is 5.12. The van der Waals surface area contributed by atoms with Crippen LogP contribution in [0.4, 0.5) is 4.79 Å². The molecule has 1 atom stereocenters. The topological polar surface area (TPSA) is 61.4 Å². The molecule has 1 N–H and O–H groups in total. The van der Waals surface area contributed by atoms with Crippen LogP contribution in [0.2, 0.25) is 15.3 Å². The summed E-state index contributed by atoms with van der Waals surface area (Å²) in [7, 11) is 3.94. The van der Waals surface area contributed by atoms with Crippen molar-refractivity contribution in [2.75, 3.05) is 27.2 Å². The van der Waals surface area contributed by atoms with E-state index in [1.807, 2.05) is 26.1 Å². The lowest BCUT2D eigenvalue weighted by atomic mass is 10.0. The Labute approximate surface area is 186 Å². The van der Waals surface area contributed by atoms with Crippen LogP contribution in [0, 0.1) is 0 Å². The molecule has 6 nitrogen and oxygen atoms in total. The highest BCUT2D eigenvalue weighted by Gasteiger charge is 2.25. The maximum absolute atomic E-state index is 12.7. The summed E-state index contributed by atoms with van der Waals surface area (Å²) >= 11 is 18.8. The third-order valence-electron chi connectivity index (χ3n) is 5.41. The molecule has 1 aliphatic rings. The molecule has 3 rings (SSSR count). The highest BCUT2D eigenvalue weighted by molar-refractivity contribution is 6.44. The summed E-state index contributed by atoms with van der Waals surface area (Å²) in [5.41, 5.74) is 2.17. The minimum absolute atomic E-state index is 0.116. The summed E-state index contributed by atoms with van der Waals surface area (Å²) in [6, 6.07) is 3.54. The number of aromatic nitrogens is 2. The highest BCUT2D eigenvalue weighted by atomic mass is 35.5. The van der Waals surface area contributed by atoms with E-state index in [4.69, 9.17) is 34.8 Å². The van der Waals surface area contributed by atoms with Crippen LogP contribution in [-0.2, 0) is 0 Å². The summed E-state index contributed by atoms with van der Waals surface area (Å²) < 4.78 is 0. The number of hydrogen-bond acceptors (Lipinski definition) is 4. The Kier molecular flexibility index (Phi) is 7.22. The van der Waals surface area contributed by atoms with Gasteiger partial charge in [-0.2, -0.15) is 0 Å². The van der Waals surface area contributed by atoms with Gasteiger partial charge in [0.1, 0.15) is 0 Å². The fraction of sp³-hybridized carbons (Fsp3) is 0.450. The first-order valence-corrected chi connectivity index (χ1v) is 10.6. The number of piperidine rings is 1. The molecule has 9 heteroatoms. The first-order chi connectivity index (χ1) is 13.8. The van der Waals surface area contributed by atoms with Gasteiger partial charge in [-0.1, -0.05) is 35.3 Å². The monoisotopic (exact) mass is 455 g/mol. The summed E-state index contributed by atoms with van der Waals surface area (Å²) in [6.45, 7) is 3.88. The highest BCUT2D eigenvalue weighted by Crippen LogP contribution is 2.37. The van der Waals surface area contributed by atoms with Gasteiger partial charge in [0, 0.05) is 36.6 Å². The largest absolute Gasteiger partial charge is 0.331 e. The van der Waals surface area contributed by atoms with Gasteiger partial charge in [0.15, 0.2) is 0 Å². The number of nitrogens with zero attached hydrogens (tertiary/aromatic N) is 4. The standard InChI is InChI=1S/C20H24Cl3N5O/c1-12(26-20(29)28(3)14-6-8-27(2)9-7-14)15-4-5-16(18(22)17(15)21)13-10-24-19(23)25-11-13/h4-5,10-12,14H,6-9H2,1-3H3,(H,26,29). The number of carbonyl (C=O) groups is 1. The second-order valence-electron chi connectivity index (χ2n) is 7.39. The van der Waals surface area contributed by atoms with Crippen LogP contribution < -0.4 is 5.32 Å². The van der Waals surface area contributed by atoms with Crippen LogP contribution in [0.15, 0.2) is 24.5 Å². The number of carbonyl (C=O) groups excluding carboxylic acids is 1. The summed E-state index contributed by atoms with van der Waals surface area (Å²) in [4.78, 5) is 24.7. The van der Waals surface area contributed by atoms with E-state index in [2.05, 4.69) is 27.2 Å². The zero-order valence-corrected chi connectivity index (χ0v) is 18.9. The fourth-order valence-electron chi connectivity index (χ4n) is 3.49. The van der Waals surface area contributed by atoms with Crippen molar-refractivity contribution in [2.24, 2.45) is 0 Å². The lowest BCUT2D eigenvalue weighted by Crippen LogP contribution is -2.48. The Hall–Kier alpha value is -1.60. The van der Waals surface area contributed by atoms with Crippen molar-refractivity contribution in [2.45, 2.75) is 31.8 Å². The van der Waals surface area contributed by atoms with Crippen LogP contribution in [0.1, 0.15) is 31.4 Å². The Morgan fingerprint density at radius 2 is 1.79 bits per heavy atom. The van der Waals surface area contributed by atoms with E-state index in [0.29, 0.717) is 21.2 Å². The van der Waals surface area contributed by atoms with Crippen LogP contribution in [0.3, 0.4) is 0 Å². The summed E-state index contributed by atoms with van der Waals surface area (Å²) in [6.07, 6.45) is 5.13. The van der Waals surface area contributed by atoms with Crippen molar-refractivity contribution in [1.29, 1.82) is 0 Å². The van der Waals surface area contributed by atoms with Crippen LogP contribution >= 0.6 is 34.8 Å². The molecule has 1 aromatic heterocycles. The van der Waals surface area contributed by atoms with E-state index < -0.39 is 0 Å². The maximum atomic E-state index is 12.7. The molecular weight excluding hydrogens is 433 g/mol. The molecule has 1 aliphatic heterocycles.